The summed E-state index contributed by atoms with van der Waals surface area (Å²) in [6.45, 7) is 13.9. The van der Waals surface area contributed by atoms with E-state index in [1.165, 1.54) is 35.7 Å². The number of thioether (sulfide) groups is 2. The lowest BCUT2D eigenvalue weighted by Crippen LogP contribution is -2.22. The third-order valence-electron chi connectivity index (χ3n) is 7.51. The molecule has 0 aliphatic rings. The quantitative estimate of drug-likeness (QED) is 0.0740. The summed E-state index contributed by atoms with van der Waals surface area (Å²) in [6.07, 6.45) is 0. The number of hydrogen-bond donors (Lipinski definition) is 8. The molecule has 0 aliphatic heterocycles. The molecule has 0 saturated heterocycles. The number of carbonyl (C=O) groups excluding carboxylic acids is 2. The van der Waals surface area contributed by atoms with Crippen LogP contribution >= 0.6 is 23.5 Å². The average Bonchev–Trinajstić information content (AvgIpc) is 3.04. The predicted octanol–water partition coefficient (Wildman–Crippen LogP) is 4.73. The van der Waals surface area contributed by atoms with Gasteiger partial charge in [-0.2, -0.15) is 0 Å². The molecular weight excluding hydrogens is 673 g/mol. The number of anilines is 4. The fraction of sp³-hybridized carbons (Fsp3) is 0.444. The van der Waals surface area contributed by atoms with Gasteiger partial charge in [0.25, 0.3) is 11.8 Å². The first-order valence-electron chi connectivity index (χ1n) is 16.6. The Labute approximate surface area is 304 Å². The van der Waals surface area contributed by atoms with Crippen LogP contribution in [0.3, 0.4) is 0 Å². The van der Waals surface area contributed by atoms with Crippen LogP contribution in [0.4, 0.5) is 22.7 Å². The highest BCUT2D eigenvalue weighted by Crippen LogP contribution is 2.40. The monoisotopic (exact) mass is 726 g/mol. The van der Waals surface area contributed by atoms with Crippen LogP contribution in [0.5, 0.6) is 11.5 Å². The maximum absolute atomic E-state index is 14.2. The Morgan fingerprint density at radius 1 is 0.600 bits per heavy atom. The third kappa shape index (κ3) is 10.7. The zero-order valence-corrected chi connectivity index (χ0v) is 31.7. The summed E-state index contributed by atoms with van der Waals surface area (Å²) in [5.41, 5.74) is 39.8. The van der Waals surface area contributed by atoms with Gasteiger partial charge in [-0.25, -0.2) is 0 Å². The van der Waals surface area contributed by atoms with Crippen molar-refractivity contribution in [3.63, 3.8) is 0 Å². The minimum Gasteiger partial charge on any atom is -0.491 e. The molecule has 12 nitrogen and oxygen atoms in total. The Kier molecular flexibility index (Phi) is 14.7. The Morgan fingerprint density at radius 3 is 1.30 bits per heavy atom. The zero-order valence-electron chi connectivity index (χ0n) is 30.0. The maximum atomic E-state index is 14.2. The number of hydrogen-bond acceptors (Lipinski definition) is 12. The first-order chi connectivity index (χ1) is 23.5. The van der Waals surface area contributed by atoms with E-state index in [4.69, 9.17) is 43.9 Å². The molecule has 0 aromatic heterocycles. The number of carbonyl (C=O) groups is 2. The smallest absolute Gasteiger partial charge is 0.259 e. The fourth-order valence-electron chi connectivity index (χ4n) is 4.87. The highest BCUT2D eigenvalue weighted by Gasteiger charge is 2.26. The molecule has 3 aromatic carbocycles. The van der Waals surface area contributed by atoms with E-state index in [2.05, 4.69) is 52.2 Å². The van der Waals surface area contributed by atoms with Gasteiger partial charge in [-0.3, -0.25) is 9.59 Å². The van der Waals surface area contributed by atoms with Crippen molar-refractivity contribution in [3.8, 4) is 11.5 Å². The molecule has 14 N–H and O–H groups in total. The highest BCUT2D eigenvalue weighted by atomic mass is 32.2. The Hall–Kier alpha value is -3.66. The maximum Gasteiger partial charge on any atom is 0.259 e. The van der Waals surface area contributed by atoms with Crippen molar-refractivity contribution in [3.05, 3.63) is 58.7 Å². The predicted molar refractivity (Wildman–Crippen MR) is 210 cm³/mol. The van der Waals surface area contributed by atoms with Gasteiger partial charge in [0.05, 0.1) is 32.3 Å². The number of amides is 2. The molecule has 0 aliphatic carbocycles. The summed E-state index contributed by atoms with van der Waals surface area (Å²) in [4.78, 5) is 29.8. The van der Waals surface area contributed by atoms with Gasteiger partial charge < -0.3 is 54.5 Å². The fourth-order valence-corrected chi connectivity index (χ4v) is 6.50. The van der Waals surface area contributed by atoms with Crippen molar-refractivity contribution < 1.29 is 19.1 Å². The average molecular weight is 727 g/mol. The number of nitrogen functional groups attached to an aromatic ring is 2. The molecule has 2 amide bonds. The summed E-state index contributed by atoms with van der Waals surface area (Å²) in [7, 11) is 0. The van der Waals surface area contributed by atoms with Crippen molar-refractivity contribution in [1.82, 2.24) is 0 Å². The molecular formula is C36H54N8O4S2. The van der Waals surface area contributed by atoms with E-state index in [9.17, 15) is 9.59 Å². The van der Waals surface area contributed by atoms with Crippen molar-refractivity contribution in [2.45, 2.75) is 62.2 Å². The van der Waals surface area contributed by atoms with Crippen molar-refractivity contribution in [1.29, 1.82) is 0 Å². The molecule has 274 valence electrons. The van der Waals surface area contributed by atoms with Gasteiger partial charge >= 0.3 is 0 Å². The molecule has 0 fully saturated rings. The van der Waals surface area contributed by atoms with E-state index in [-0.39, 0.29) is 59.8 Å². The van der Waals surface area contributed by atoms with E-state index in [0.29, 0.717) is 57.1 Å². The summed E-state index contributed by atoms with van der Waals surface area (Å²) < 4.78 is 11.9. The standard InChI is InChI=1S/C36H54N8O4S2/c1-35(2,3)21-15-25(41)31(49-13-9-39)27(17-21)43-33(45)23-19-24(30(48-12-8-38)20-29(23)47-11-7-37)34(46)44-28-18-22(36(4,5)6)16-26(42)32(28)50-14-10-40/h15-20H,7-14,37-42H2,1-6H3,(H,43,45)(H,44,46). The minimum atomic E-state index is -0.519. The SMILES string of the molecule is CC(C)(C)c1cc(N)c(SCCN)c(NC(=O)c2cc(C(=O)Nc3cc(C(C)(C)C)cc(N)c3SCCN)c(OCCN)cc2OCCN)c1. The van der Waals surface area contributed by atoms with Crippen LogP contribution in [0.2, 0.25) is 0 Å². The second-order valence-electron chi connectivity index (χ2n) is 13.7. The Bertz CT molecular complexity index is 1540. The van der Waals surface area contributed by atoms with Crippen molar-refractivity contribution in [2.24, 2.45) is 22.9 Å². The number of nitrogens with one attached hydrogen (secondary N) is 2. The second-order valence-corrected chi connectivity index (χ2v) is 15.9. The summed E-state index contributed by atoms with van der Waals surface area (Å²) in [6, 6.07) is 10.6. The zero-order chi connectivity index (χ0) is 37.2. The van der Waals surface area contributed by atoms with Crippen LogP contribution in [0.15, 0.2) is 46.2 Å². The molecule has 0 atom stereocenters. The van der Waals surface area contributed by atoms with Crippen LogP contribution in [0.1, 0.15) is 73.4 Å². The number of nitrogens with two attached hydrogens (primary N) is 6. The summed E-state index contributed by atoms with van der Waals surface area (Å²) in [5, 5.41) is 6.06. The van der Waals surface area contributed by atoms with Crippen LogP contribution in [-0.2, 0) is 10.8 Å². The first kappa shape index (κ1) is 40.8. The Morgan fingerprint density at radius 2 is 0.980 bits per heavy atom. The third-order valence-corrected chi connectivity index (χ3v) is 9.88. The van der Waals surface area contributed by atoms with Gasteiger partial charge in [-0.05, 0) is 52.3 Å². The topological polar surface area (TPSA) is 233 Å². The molecule has 3 aromatic rings. The molecule has 50 heavy (non-hydrogen) atoms. The highest BCUT2D eigenvalue weighted by molar-refractivity contribution is 7.99. The van der Waals surface area contributed by atoms with Gasteiger partial charge in [0.2, 0.25) is 0 Å². The van der Waals surface area contributed by atoms with Gasteiger partial charge in [0, 0.05) is 55.1 Å². The molecule has 14 heteroatoms. The molecule has 3 rings (SSSR count). The normalized spacial score (nSPS) is 11.7. The van der Waals surface area contributed by atoms with Crippen molar-refractivity contribution >= 4 is 58.1 Å². The van der Waals surface area contributed by atoms with Crippen LogP contribution in [-0.4, -0.2) is 62.7 Å². The van der Waals surface area contributed by atoms with E-state index in [1.54, 1.807) is 0 Å². The van der Waals surface area contributed by atoms with E-state index < -0.39 is 11.8 Å². The van der Waals surface area contributed by atoms with Crippen LogP contribution in [0.25, 0.3) is 0 Å². The number of benzene rings is 3. The van der Waals surface area contributed by atoms with Crippen LogP contribution < -0.4 is 54.5 Å². The molecule has 0 bridgehead atoms. The minimum absolute atomic E-state index is 0.0962. The molecule has 0 unspecified atom stereocenters. The lowest BCUT2D eigenvalue weighted by atomic mass is 9.86. The van der Waals surface area contributed by atoms with Crippen LogP contribution in [0, 0.1) is 0 Å². The van der Waals surface area contributed by atoms with Gasteiger partial charge in [0.1, 0.15) is 24.7 Å². The van der Waals surface area contributed by atoms with E-state index in [0.717, 1.165) is 11.1 Å². The Balaban J connectivity index is 2.19. The van der Waals surface area contributed by atoms with Gasteiger partial charge in [-0.1, -0.05) is 41.5 Å². The lowest BCUT2D eigenvalue weighted by molar-refractivity contribution is 0.102. The van der Waals surface area contributed by atoms with E-state index in [1.807, 2.05) is 24.3 Å². The van der Waals surface area contributed by atoms with Gasteiger partial charge in [0.15, 0.2) is 0 Å². The molecule has 0 saturated carbocycles. The number of ether oxygens (including phenoxy) is 2. The molecule has 0 spiro atoms. The first-order valence-corrected chi connectivity index (χ1v) is 18.5. The summed E-state index contributed by atoms with van der Waals surface area (Å²) >= 11 is 2.90. The van der Waals surface area contributed by atoms with Crippen molar-refractivity contribution in [2.75, 3.05) is 73.0 Å². The lowest BCUT2D eigenvalue weighted by Gasteiger charge is -2.24. The molecule has 0 radical (unpaired) electrons. The molecule has 0 heterocycles. The van der Waals surface area contributed by atoms with E-state index >= 15 is 0 Å². The second kappa shape index (κ2) is 18.0. The summed E-state index contributed by atoms with van der Waals surface area (Å²) in [5.74, 6) is 0.522. The number of rotatable bonds is 16. The largest absolute Gasteiger partial charge is 0.491 e. The van der Waals surface area contributed by atoms with Gasteiger partial charge in [-0.15, -0.1) is 23.5 Å².